The van der Waals surface area contributed by atoms with Crippen LogP contribution in [0.3, 0.4) is 0 Å². The first kappa shape index (κ1) is 13.7. The van der Waals surface area contributed by atoms with Crippen molar-refractivity contribution >= 4 is 28.3 Å². The summed E-state index contributed by atoms with van der Waals surface area (Å²) < 4.78 is 0.690. The summed E-state index contributed by atoms with van der Waals surface area (Å²) in [6.45, 7) is 2.32. The standard InChI is InChI=1S/C12H14BrNO3/c1-2-7-14(8-15)11(12(16)17)9-5-3-4-6-10(9)13/h3-6,8,11H,2,7H2,1H3,(H,16,17). The van der Waals surface area contributed by atoms with Crippen LogP contribution >= 0.6 is 15.9 Å². The molecule has 1 amide bonds. The maximum atomic E-state index is 11.3. The van der Waals surface area contributed by atoms with E-state index in [4.69, 9.17) is 0 Å². The molecule has 0 aliphatic heterocycles. The van der Waals surface area contributed by atoms with Crippen LogP contribution in [0.15, 0.2) is 28.7 Å². The lowest BCUT2D eigenvalue weighted by atomic mass is 10.1. The van der Waals surface area contributed by atoms with Crippen LogP contribution in [0, 0.1) is 0 Å². The first-order chi connectivity index (χ1) is 8.11. The fraction of sp³-hybridized carbons (Fsp3) is 0.333. The second-order valence-corrected chi connectivity index (χ2v) is 4.46. The predicted molar refractivity (Wildman–Crippen MR) is 67.6 cm³/mol. The maximum Gasteiger partial charge on any atom is 0.331 e. The molecule has 1 aromatic rings. The third-order valence-corrected chi connectivity index (χ3v) is 3.10. The third kappa shape index (κ3) is 3.30. The molecular formula is C12H14BrNO3. The Balaban J connectivity index is 3.13. The van der Waals surface area contributed by atoms with Gasteiger partial charge in [0.05, 0.1) is 0 Å². The van der Waals surface area contributed by atoms with Crippen molar-refractivity contribution in [3.63, 3.8) is 0 Å². The van der Waals surface area contributed by atoms with E-state index in [1.807, 2.05) is 6.92 Å². The number of hydrogen-bond donors (Lipinski definition) is 1. The molecule has 0 saturated carbocycles. The van der Waals surface area contributed by atoms with Gasteiger partial charge in [-0.05, 0) is 18.1 Å². The highest BCUT2D eigenvalue weighted by Crippen LogP contribution is 2.27. The molecule has 0 spiro atoms. The van der Waals surface area contributed by atoms with Crippen LogP contribution in [-0.4, -0.2) is 28.9 Å². The molecule has 92 valence electrons. The second kappa shape index (κ2) is 6.39. The molecule has 0 radical (unpaired) electrons. The number of amides is 1. The van der Waals surface area contributed by atoms with Crippen molar-refractivity contribution in [3.8, 4) is 0 Å². The Morgan fingerprint density at radius 2 is 2.18 bits per heavy atom. The Kier molecular flexibility index (Phi) is 5.15. The Morgan fingerprint density at radius 3 is 2.65 bits per heavy atom. The zero-order valence-electron chi connectivity index (χ0n) is 9.47. The van der Waals surface area contributed by atoms with Gasteiger partial charge in [-0.15, -0.1) is 0 Å². The summed E-state index contributed by atoms with van der Waals surface area (Å²) in [5, 5.41) is 9.26. The van der Waals surface area contributed by atoms with Crippen molar-refractivity contribution in [3.05, 3.63) is 34.3 Å². The van der Waals surface area contributed by atoms with Gasteiger partial charge < -0.3 is 10.0 Å². The molecule has 0 aromatic heterocycles. The van der Waals surface area contributed by atoms with Crippen LogP contribution in [0.2, 0.25) is 0 Å². The SMILES string of the molecule is CCCN(C=O)C(C(=O)O)c1ccccc1Br. The van der Waals surface area contributed by atoms with Crippen molar-refractivity contribution < 1.29 is 14.7 Å². The molecule has 0 bridgehead atoms. The van der Waals surface area contributed by atoms with Gasteiger partial charge in [-0.25, -0.2) is 4.79 Å². The molecule has 5 heteroatoms. The number of aliphatic carboxylic acids is 1. The molecule has 0 aliphatic carbocycles. The topological polar surface area (TPSA) is 57.6 Å². The number of halogens is 1. The van der Waals surface area contributed by atoms with Crippen LogP contribution in [0.5, 0.6) is 0 Å². The van der Waals surface area contributed by atoms with Crippen molar-refractivity contribution in [1.82, 2.24) is 4.90 Å². The van der Waals surface area contributed by atoms with E-state index in [1.165, 1.54) is 4.90 Å². The largest absolute Gasteiger partial charge is 0.479 e. The van der Waals surface area contributed by atoms with Gasteiger partial charge in [-0.1, -0.05) is 41.1 Å². The maximum absolute atomic E-state index is 11.3. The van der Waals surface area contributed by atoms with E-state index in [1.54, 1.807) is 24.3 Å². The molecule has 0 fully saturated rings. The average molecular weight is 300 g/mol. The van der Waals surface area contributed by atoms with Crippen LogP contribution in [0.4, 0.5) is 0 Å². The summed E-state index contributed by atoms with van der Waals surface area (Å²) in [5.41, 5.74) is 0.584. The van der Waals surface area contributed by atoms with Crippen LogP contribution in [0.25, 0.3) is 0 Å². The van der Waals surface area contributed by atoms with Crippen molar-refractivity contribution in [1.29, 1.82) is 0 Å². The van der Waals surface area contributed by atoms with E-state index < -0.39 is 12.0 Å². The zero-order chi connectivity index (χ0) is 12.8. The summed E-state index contributed by atoms with van der Waals surface area (Å²) in [6.07, 6.45) is 1.30. The van der Waals surface area contributed by atoms with Gasteiger partial charge in [0.1, 0.15) is 0 Å². The number of nitrogens with zero attached hydrogens (tertiary/aromatic N) is 1. The molecule has 1 aromatic carbocycles. The van der Waals surface area contributed by atoms with Crippen molar-refractivity contribution in [2.45, 2.75) is 19.4 Å². The molecule has 1 rings (SSSR count). The Labute approximate surface area is 108 Å². The fourth-order valence-electron chi connectivity index (χ4n) is 1.65. The normalized spacial score (nSPS) is 11.9. The molecule has 17 heavy (non-hydrogen) atoms. The second-order valence-electron chi connectivity index (χ2n) is 3.61. The van der Waals surface area contributed by atoms with Gasteiger partial charge >= 0.3 is 5.97 Å². The van der Waals surface area contributed by atoms with Crippen LogP contribution in [-0.2, 0) is 9.59 Å². The first-order valence-corrected chi connectivity index (χ1v) is 6.09. The van der Waals surface area contributed by atoms with E-state index in [0.29, 0.717) is 29.4 Å². The lowest BCUT2D eigenvalue weighted by Crippen LogP contribution is -2.33. The van der Waals surface area contributed by atoms with Gasteiger partial charge in [-0.3, -0.25) is 4.79 Å². The van der Waals surface area contributed by atoms with Crippen LogP contribution in [0.1, 0.15) is 24.9 Å². The van der Waals surface area contributed by atoms with E-state index in [-0.39, 0.29) is 0 Å². The molecule has 0 saturated heterocycles. The number of rotatable bonds is 6. The molecule has 0 aliphatic rings. The summed E-state index contributed by atoms with van der Waals surface area (Å²) in [7, 11) is 0. The third-order valence-electron chi connectivity index (χ3n) is 2.38. The molecular weight excluding hydrogens is 286 g/mol. The van der Waals surface area contributed by atoms with Gasteiger partial charge in [0.25, 0.3) is 0 Å². The first-order valence-electron chi connectivity index (χ1n) is 5.30. The Hall–Kier alpha value is -1.36. The van der Waals surface area contributed by atoms with Gasteiger partial charge in [0, 0.05) is 11.0 Å². The number of benzene rings is 1. The van der Waals surface area contributed by atoms with Gasteiger partial charge in [0.2, 0.25) is 6.41 Å². The smallest absolute Gasteiger partial charge is 0.331 e. The van der Waals surface area contributed by atoms with Crippen molar-refractivity contribution in [2.24, 2.45) is 0 Å². The minimum Gasteiger partial charge on any atom is -0.479 e. The van der Waals surface area contributed by atoms with Crippen molar-refractivity contribution in [2.75, 3.05) is 6.54 Å². The Morgan fingerprint density at radius 1 is 1.53 bits per heavy atom. The Bertz CT molecular complexity index is 408. The quantitative estimate of drug-likeness (QED) is 0.821. The van der Waals surface area contributed by atoms with Crippen LogP contribution < -0.4 is 0 Å². The molecule has 1 atom stereocenters. The minimum atomic E-state index is -1.03. The number of carboxylic acid groups (broad SMARTS) is 1. The van der Waals surface area contributed by atoms with E-state index in [0.717, 1.165) is 0 Å². The number of carboxylic acids is 1. The highest BCUT2D eigenvalue weighted by molar-refractivity contribution is 9.10. The van der Waals surface area contributed by atoms with Gasteiger partial charge in [0.15, 0.2) is 6.04 Å². The molecule has 4 nitrogen and oxygen atoms in total. The predicted octanol–water partition coefficient (Wildman–Crippen LogP) is 2.44. The lowest BCUT2D eigenvalue weighted by molar-refractivity contribution is -0.146. The highest BCUT2D eigenvalue weighted by Gasteiger charge is 2.27. The van der Waals surface area contributed by atoms with E-state index >= 15 is 0 Å². The monoisotopic (exact) mass is 299 g/mol. The lowest BCUT2D eigenvalue weighted by Gasteiger charge is -2.25. The number of carbonyl (C=O) groups is 2. The number of carbonyl (C=O) groups excluding carboxylic acids is 1. The summed E-state index contributed by atoms with van der Waals surface area (Å²) in [4.78, 5) is 23.6. The minimum absolute atomic E-state index is 0.418. The van der Waals surface area contributed by atoms with Gasteiger partial charge in [-0.2, -0.15) is 0 Å². The summed E-state index contributed by atoms with van der Waals surface area (Å²) in [5.74, 6) is -1.03. The molecule has 0 heterocycles. The highest BCUT2D eigenvalue weighted by atomic mass is 79.9. The summed E-state index contributed by atoms with van der Waals surface area (Å²) in [6, 6.07) is 6.08. The molecule has 1 N–H and O–H groups in total. The molecule has 1 unspecified atom stereocenters. The number of hydrogen-bond acceptors (Lipinski definition) is 2. The van der Waals surface area contributed by atoms with E-state index in [9.17, 15) is 14.7 Å². The summed E-state index contributed by atoms with van der Waals surface area (Å²) >= 11 is 3.31. The fourth-order valence-corrected chi connectivity index (χ4v) is 2.15. The average Bonchev–Trinajstić information content (AvgIpc) is 2.30. The van der Waals surface area contributed by atoms with E-state index in [2.05, 4.69) is 15.9 Å². The zero-order valence-corrected chi connectivity index (χ0v) is 11.1.